The molecule has 1 unspecified atom stereocenters. The lowest BCUT2D eigenvalue weighted by atomic mass is 10.1. The number of anilines is 1. The number of halogens is 1. The summed E-state index contributed by atoms with van der Waals surface area (Å²) in [5.41, 5.74) is 0.408. The van der Waals surface area contributed by atoms with Crippen LogP contribution in [-0.4, -0.2) is 51.4 Å². The quantitative estimate of drug-likeness (QED) is 0.374. The van der Waals surface area contributed by atoms with Gasteiger partial charge in [0.15, 0.2) is 0 Å². The molecule has 0 bridgehead atoms. The minimum atomic E-state index is -4.32. The summed E-state index contributed by atoms with van der Waals surface area (Å²) in [7, 11) is -2.81. The van der Waals surface area contributed by atoms with Gasteiger partial charge in [-0.15, -0.1) is 0 Å². The molecule has 1 atom stereocenters. The molecule has 3 aromatic rings. The predicted molar refractivity (Wildman–Crippen MR) is 144 cm³/mol. The van der Waals surface area contributed by atoms with Crippen molar-refractivity contribution in [3.05, 3.63) is 90.2 Å². The summed E-state index contributed by atoms with van der Waals surface area (Å²) < 4.78 is 48.2. The monoisotopic (exact) mass is 541 g/mol. The number of hydrogen-bond donors (Lipinski definition) is 1. The van der Waals surface area contributed by atoms with E-state index >= 15 is 0 Å². The van der Waals surface area contributed by atoms with E-state index in [-0.39, 0.29) is 23.0 Å². The van der Waals surface area contributed by atoms with Gasteiger partial charge in [-0.05, 0) is 55.3 Å². The Kier molecular flexibility index (Phi) is 9.84. The van der Waals surface area contributed by atoms with Crippen LogP contribution < -0.4 is 14.4 Å². The summed E-state index contributed by atoms with van der Waals surface area (Å²) in [5, 5.41) is 2.78. The Bertz CT molecular complexity index is 1350. The number of nitrogens with zero attached hydrogens (tertiary/aromatic N) is 2. The molecule has 202 valence electrons. The SMILES string of the molecule is CCCNC(=O)C(C)N(Cc1cccc(OC)c1)C(=O)CN(c1ccccc1F)S(=O)(=O)c1ccccc1. The van der Waals surface area contributed by atoms with Crippen molar-refractivity contribution >= 4 is 27.5 Å². The number of rotatable bonds is 12. The highest BCUT2D eigenvalue weighted by Crippen LogP contribution is 2.27. The van der Waals surface area contributed by atoms with E-state index in [2.05, 4.69) is 5.32 Å². The van der Waals surface area contributed by atoms with Crippen LogP contribution >= 0.6 is 0 Å². The van der Waals surface area contributed by atoms with Crippen LogP contribution in [0.4, 0.5) is 10.1 Å². The van der Waals surface area contributed by atoms with Gasteiger partial charge in [0.1, 0.15) is 24.2 Å². The molecular weight excluding hydrogens is 509 g/mol. The van der Waals surface area contributed by atoms with Gasteiger partial charge in [0.05, 0.1) is 17.7 Å². The zero-order valence-corrected chi connectivity index (χ0v) is 22.4. The molecule has 8 nitrogen and oxygen atoms in total. The first-order chi connectivity index (χ1) is 18.2. The Morgan fingerprint density at radius 3 is 2.34 bits per heavy atom. The molecule has 38 heavy (non-hydrogen) atoms. The molecule has 0 saturated heterocycles. The van der Waals surface area contributed by atoms with Crippen molar-refractivity contribution in [1.82, 2.24) is 10.2 Å². The number of hydrogen-bond acceptors (Lipinski definition) is 5. The van der Waals surface area contributed by atoms with Crippen LogP contribution in [-0.2, 0) is 26.2 Å². The Labute approximate surface area is 223 Å². The predicted octanol–water partition coefficient (Wildman–Crippen LogP) is 3.97. The van der Waals surface area contributed by atoms with Gasteiger partial charge in [-0.3, -0.25) is 13.9 Å². The number of sulfonamides is 1. The first kappa shape index (κ1) is 28.6. The summed E-state index contributed by atoms with van der Waals surface area (Å²) in [4.78, 5) is 27.8. The summed E-state index contributed by atoms with van der Waals surface area (Å²) >= 11 is 0. The maximum absolute atomic E-state index is 14.9. The molecule has 0 aliphatic heterocycles. The van der Waals surface area contributed by atoms with E-state index in [0.717, 1.165) is 10.4 Å². The number of para-hydroxylation sites is 1. The smallest absolute Gasteiger partial charge is 0.264 e. The van der Waals surface area contributed by atoms with Gasteiger partial charge in [0.2, 0.25) is 11.8 Å². The fourth-order valence-corrected chi connectivity index (χ4v) is 5.28. The highest BCUT2D eigenvalue weighted by atomic mass is 32.2. The standard InChI is InChI=1S/C28H32FN3O5S/c1-4-17-30-28(34)21(2)31(19-22-11-10-12-23(18-22)37-3)27(33)20-32(26-16-9-8-15-25(26)29)38(35,36)24-13-6-5-7-14-24/h5-16,18,21H,4,17,19-20H2,1-3H3,(H,30,34). The van der Waals surface area contributed by atoms with Gasteiger partial charge >= 0.3 is 0 Å². The number of amides is 2. The average molecular weight is 542 g/mol. The van der Waals surface area contributed by atoms with E-state index in [4.69, 9.17) is 4.74 Å². The van der Waals surface area contributed by atoms with Gasteiger partial charge in [-0.1, -0.05) is 49.4 Å². The molecule has 0 aromatic heterocycles. The number of ether oxygens (including phenoxy) is 1. The molecule has 3 rings (SSSR count). The lowest BCUT2D eigenvalue weighted by Crippen LogP contribution is -2.51. The number of nitrogens with one attached hydrogen (secondary N) is 1. The number of carbonyl (C=O) groups excluding carboxylic acids is 2. The molecule has 3 aromatic carbocycles. The van der Waals surface area contributed by atoms with Crippen molar-refractivity contribution in [3.8, 4) is 5.75 Å². The Morgan fingerprint density at radius 2 is 1.68 bits per heavy atom. The van der Waals surface area contributed by atoms with E-state index in [0.29, 0.717) is 24.3 Å². The normalized spacial score (nSPS) is 11.9. The van der Waals surface area contributed by atoms with Crippen molar-refractivity contribution in [2.75, 3.05) is 24.5 Å². The molecule has 0 fully saturated rings. The maximum Gasteiger partial charge on any atom is 0.264 e. The van der Waals surface area contributed by atoms with Gasteiger partial charge in [0.25, 0.3) is 10.0 Å². The van der Waals surface area contributed by atoms with Crippen molar-refractivity contribution in [2.45, 2.75) is 37.8 Å². The number of benzene rings is 3. The molecule has 0 radical (unpaired) electrons. The number of carbonyl (C=O) groups is 2. The highest BCUT2D eigenvalue weighted by Gasteiger charge is 2.33. The molecule has 0 saturated carbocycles. The van der Waals surface area contributed by atoms with E-state index in [9.17, 15) is 22.4 Å². The number of methoxy groups -OCH3 is 1. The molecule has 0 spiro atoms. The van der Waals surface area contributed by atoms with Crippen LogP contribution in [0.1, 0.15) is 25.8 Å². The Morgan fingerprint density at radius 1 is 1.00 bits per heavy atom. The lowest BCUT2D eigenvalue weighted by molar-refractivity contribution is -0.139. The van der Waals surface area contributed by atoms with Crippen LogP contribution in [0.25, 0.3) is 0 Å². The minimum Gasteiger partial charge on any atom is -0.497 e. The molecule has 1 N–H and O–H groups in total. The second-order valence-corrected chi connectivity index (χ2v) is 10.5. The van der Waals surface area contributed by atoms with Crippen LogP contribution in [0.15, 0.2) is 83.8 Å². The van der Waals surface area contributed by atoms with Crippen molar-refractivity contribution < 1.29 is 27.1 Å². The second-order valence-electron chi connectivity index (χ2n) is 8.62. The highest BCUT2D eigenvalue weighted by molar-refractivity contribution is 7.92. The van der Waals surface area contributed by atoms with Crippen LogP contribution in [0.2, 0.25) is 0 Å². The third-order valence-corrected chi connectivity index (χ3v) is 7.71. The average Bonchev–Trinajstić information content (AvgIpc) is 2.93. The molecular formula is C28H32FN3O5S. The minimum absolute atomic E-state index is 0.00718. The fourth-order valence-electron chi connectivity index (χ4n) is 3.83. The largest absolute Gasteiger partial charge is 0.497 e. The molecule has 0 aliphatic carbocycles. The van der Waals surface area contributed by atoms with Crippen LogP contribution in [0.5, 0.6) is 5.75 Å². The molecule has 0 aliphatic rings. The van der Waals surface area contributed by atoms with Crippen molar-refractivity contribution in [2.24, 2.45) is 0 Å². The zero-order valence-electron chi connectivity index (χ0n) is 21.6. The molecule has 10 heteroatoms. The Hall–Kier alpha value is -3.92. The maximum atomic E-state index is 14.9. The Balaban J connectivity index is 2.02. The third-order valence-electron chi connectivity index (χ3n) is 5.93. The van der Waals surface area contributed by atoms with E-state index in [1.165, 1.54) is 42.3 Å². The van der Waals surface area contributed by atoms with Gasteiger partial charge in [-0.25, -0.2) is 12.8 Å². The first-order valence-electron chi connectivity index (χ1n) is 12.2. The molecule has 0 heterocycles. The van der Waals surface area contributed by atoms with Gasteiger partial charge in [0, 0.05) is 13.1 Å². The van der Waals surface area contributed by atoms with Gasteiger partial charge in [-0.2, -0.15) is 0 Å². The van der Waals surface area contributed by atoms with E-state index in [1.807, 2.05) is 6.92 Å². The molecule has 2 amide bonds. The summed E-state index contributed by atoms with van der Waals surface area (Å²) in [6, 6.07) is 18.9. The first-order valence-corrected chi connectivity index (χ1v) is 13.7. The summed E-state index contributed by atoms with van der Waals surface area (Å²) in [6.45, 7) is 3.20. The lowest BCUT2D eigenvalue weighted by Gasteiger charge is -2.32. The van der Waals surface area contributed by atoms with E-state index in [1.54, 1.807) is 49.4 Å². The summed E-state index contributed by atoms with van der Waals surface area (Å²) in [6.07, 6.45) is 0.707. The fraction of sp³-hybridized carbons (Fsp3) is 0.286. The topological polar surface area (TPSA) is 96.0 Å². The van der Waals surface area contributed by atoms with Crippen molar-refractivity contribution in [3.63, 3.8) is 0 Å². The van der Waals surface area contributed by atoms with Crippen LogP contribution in [0.3, 0.4) is 0 Å². The van der Waals surface area contributed by atoms with Crippen LogP contribution in [0, 0.1) is 5.82 Å². The third kappa shape index (κ3) is 6.89. The zero-order chi connectivity index (χ0) is 27.7. The second kappa shape index (κ2) is 13.0. The summed E-state index contributed by atoms with van der Waals surface area (Å²) in [5.74, 6) is -1.29. The van der Waals surface area contributed by atoms with Gasteiger partial charge < -0.3 is 15.0 Å². The van der Waals surface area contributed by atoms with Crippen molar-refractivity contribution in [1.29, 1.82) is 0 Å². The van der Waals surface area contributed by atoms with E-state index < -0.39 is 34.3 Å².